The van der Waals surface area contributed by atoms with Gasteiger partial charge in [-0.25, -0.2) is 14.2 Å². The first kappa shape index (κ1) is 33.5. The second-order valence-electron chi connectivity index (χ2n) is 11.0. The normalized spacial score (nSPS) is 11.7. The van der Waals surface area contributed by atoms with Crippen LogP contribution in [0, 0.1) is 37.9 Å². The number of alkyl halides is 3. The number of carboxylic acids is 1. The highest BCUT2D eigenvalue weighted by molar-refractivity contribution is 7.18. The lowest BCUT2D eigenvalue weighted by Gasteiger charge is -2.19. The van der Waals surface area contributed by atoms with Gasteiger partial charge in [-0.3, -0.25) is 19.3 Å². The number of aryl methyl sites for hydroxylation is 3. The predicted molar refractivity (Wildman–Crippen MR) is 176 cm³/mol. The molecule has 0 fully saturated rings. The summed E-state index contributed by atoms with van der Waals surface area (Å²) in [4.78, 5) is 38.1. The fourth-order valence-electron chi connectivity index (χ4n) is 5.68. The quantitative estimate of drug-likeness (QED) is 0.165. The van der Waals surface area contributed by atoms with Gasteiger partial charge in [0, 0.05) is 44.5 Å². The van der Waals surface area contributed by atoms with E-state index >= 15 is 4.39 Å². The molecule has 0 aliphatic heterocycles. The maximum Gasteiger partial charge on any atom is 0.417 e. The van der Waals surface area contributed by atoms with Crippen molar-refractivity contribution in [3.8, 4) is 34.1 Å². The van der Waals surface area contributed by atoms with Gasteiger partial charge in [0.15, 0.2) is 5.82 Å². The highest BCUT2D eigenvalue weighted by atomic mass is 35.5. The Kier molecular flexibility index (Phi) is 8.60. The molecule has 0 unspecified atom stereocenters. The van der Waals surface area contributed by atoms with Crippen LogP contribution >= 0.6 is 22.9 Å². The number of pyridine rings is 2. The van der Waals surface area contributed by atoms with Crippen LogP contribution in [-0.4, -0.2) is 37.2 Å². The molecular weight excluding hydrogens is 686 g/mol. The molecule has 0 saturated carbocycles. The Morgan fingerprint density at radius 3 is 2.55 bits per heavy atom. The molecule has 2 aromatic carbocycles. The molecule has 0 aliphatic rings. The summed E-state index contributed by atoms with van der Waals surface area (Å²) in [6.07, 6.45) is -3.89. The second kappa shape index (κ2) is 12.6. The molecule has 0 saturated heterocycles. The zero-order valence-electron chi connectivity index (χ0n) is 25.7. The largest absolute Gasteiger partial charge is 0.491 e. The van der Waals surface area contributed by atoms with Crippen molar-refractivity contribution in [3.63, 3.8) is 0 Å². The highest BCUT2D eigenvalue weighted by Gasteiger charge is 2.38. The number of hydrogen-bond acceptors (Lipinski definition) is 8. The van der Waals surface area contributed by atoms with Gasteiger partial charge in [-0.2, -0.15) is 18.4 Å². The van der Waals surface area contributed by atoms with Crippen LogP contribution in [0.2, 0.25) is 5.02 Å². The Balaban J connectivity index is 1.43. The van der Waals surface area contributed by atoms with E-state index in [-0.39, 0.29) is 35.8 Å². The van der Waals surface area contributed by atoms with Crippen LogP contribution in [0.3, 0.4) is 0 Å². The zero-order chi connectivity index (χ0) is 35.4. The number of aromatic carboxylic acids is 1. The Bertz CT molecular complexity index is 2450. The standard InChI is InChI=1S/C34H22ClF4N5O4S/c1-15-10-21(31-30(42-15)23(14-49-31)33(46)47)20-11-18(35)4-5-26(20)48-9-8-44-17(3)43-25-12-24(34(37,38)39)27(22(13-40)28(25)32(44)45)19-6-7-41-16(2)29(19)36/h4-7,10-12,14H,8-9H2,1-3H3,(H,46,47). The zero-order valence-corrected chi connectivity index (χ0v) is 27.3. The number of nitrogens with zero attached hydrogens (tertiary/aromatic N) is 5. The Morgan fingerprint density at radius 2 is 1.86 bits per heavy atom. The number of hydrogen-bond donors (Lipinski definition) is 1. The van der Waals surface area contributed by atoms with Crippen LogP contribution in [-0.2, 0) is 12.7 Å². The van der Waals surface area contributed by atoms with E-state index in [1.807, 2.05) is 0 Å². The SMILES string of the molecule is Cc1cc(-c2cc(Cl)ccc2OCCn2c(C)nc3cc(C(F)(F)F)c(-c4ccnc(C)c4F)c(C#N)c3c2=O)c2scc(C(=O)O)c2n1. The lowest BCUT2D eigenvalue weighted by atomic mass is 9.91. The van der Waals surface area contributed by atoms with E-state index in [1.165, 1.54) is 30.6 Å². The van der Waals surface area contributed by atoms with E-state index in [0.717, 1.165) is 16.8 Å². The van der Waals surface area contributed by atoms with E-state index in [4.69, 9.17) is 16.3 Å². The average Bonchev–Trinajstić information content (AvgIpc) is 3.47. The summed E-state index contributed by atoms with van der Waals surface area (Å²) in [6, 6.07) is 10.00. The molecule has 9 nitrogen and oxygen atoms in total. The van der Waals surface area contributed by atoms with Crippen LogP contribution in [0.15, 0.2) is 52.8 Å². The molecular formula is C34H22ClF4N5O4S. The van der Waals surface area contributed by atoms with Gasteiger partial charge < -0.3 is 9.84 Å². The number of rotatable bonds is 7. The molecule has 1 N–H and O–H groups in total. The number of thiophene rings is 1. The number of nitriles is 1. The summed E-state index contributed by atoms with van der Waals surface area (Å²) in [6.45, 7) is 4.17. The molecule has 15 heteroatoms. The topological polar surface area (TPSA) is 131 Å². The Hall–Kier alpha value is -5.39. The van der Waals surface area contributed by atoms with Gasteiger partial charge in [0.2, 0.25) is 0 Å². The van der Waals surface area contributed by atoms with E-state index in [1.54, 1.807) is 37.3 Å². The molecule has 49 heavy (non-hydrogen) atoms. The highest BCUT2D eigenvalue weighted by Crippen LogP contribution is 2.43. The minimum atomic E-state index is -5.01. The molecule has 6 rings (SSSR count). The van der Waals surface area contributed by atoms with Gasteiger partial charge in [0.05, 0.1) is 50.0 Å². The fourth-order valence-corrected chi connectivity index (χ4v) is 6.87. The van der Waals surface area contributed by atoms with Crippen LogP contribution in [0.5, 0.6) is 5.75 Å². The first-order valence-electron chi connectivity index (χ1n) is 14.4. The van der Waals surface area contributed by atoms with Crippen molar-refractivity contribution in [2.24, 2.45) is 0 Å². The molecule has 0 aliphatic carbocycles. The number of ether oxygens (including phenoxy) is 1. The molecule has 4 aromatic heterocycles. The average molecular weight is 708 g/mol. The van der Waals surface area contributed by atoms with Gasteiger partial charge in [0.1, 0.15) is 24.3 Å². The summed E-state index contributed by atoms with van der Waals surface area (Å²) in [5, 5.41) is 21.2. The Morgan fingerprint density at radius 1 is 1.10 bits per heavy atom. The molecule has 0 amide bonds. The number of benzene rings is 2. The van der Waals surface area contributed by atoms with Gasteiger partial charge >= 0.3 is 12.1 Å². The number of fused-ring (bicyclic) bond motifs is 2. The second-order valence-corrected chi connectivity index (χ2v) is 12.3. The first-order valence-corrected chi connectivity index (χ1v) is 15.7. The minimum Gasteiger partial charge on any atom is -0.491 e. The summed E-state index contributed by atoms with van der Waals surface area (Å²) in [7, 11) is 0. The van der Waals surface area contributed by atoms with Gasteiger partial charge in [-0.1, -0.05) is 11.6 Å². The van der Waals surface area contributed by atoms with Crippen molar-refractivity contribution in [3.05, 3.63) is 103 Å². The summed E-state index contributed by atoms with van der Waals surface area (Å²) >= 11 is 7.54. The van der Waals surface area contributed by atoms with Crippen molar-refractivity contribution < 1.29 is 32.2 Å². The third-order valence-corrected chi connectivity index (χ3v) is 9.11. The summed E-state index contributed by atoms with van der Waals surface area (Å²) in [5.41, 5.74) is -2.57. The third kappa shape index (κ3) is 5.96. The van der Waals surface area contributed by atoms with Gasteiger partial charge in [0.25, 0.3) is 5.56 Å². The lowest BCUT2D eigenvalue weighted by Crippen LogP contribution is -2.27. The van der Waals surface area contributed by atoms with Gasteiger partial charge in [-0.15, -0.1) is 11.3 Å². The van der Waals surface area contributed by atoms with Crippen molar-refractivity contribution in [2.45, 2.75) is 33.5 Å². The fraction of sp³-hybridized carbons (Fsp3) is 0.176. The summed E-state index contributed by atoms with van der Waals surface area (Å²) < 4.78 is 66.0. The predicted octanol–water partition coefficient (Wildman–Crippen LogP) is 8.12. The monoisotopic (exact) mass is 707 g/mol. The summed E-state index contributed by atoms with van der Waals surface area (Å²) in [5.74, 6) is -1.77. The van der Waals surface area contributed by atoms with Crippen molar-refractivity contribution in [1.29, 1.82) is 5.26 Å². The van der Waals surface area contributed by atoms with E-state index in [9.17, 15) is 33.1 Å². The molecule has 6 aromatic rings. The van der Waals surface area contributed by atoms with E-state index < -0.39 is 51.2 Å². The third-order valence-electron chi connectivity index (χ3n) is 7.87. The van der Waals surface area contributed by atoms with Crippen LogP contribution in [0.4, 0.5) is 17.6 Å². The first-order chi connectivity index (χ1) is 23.2. The number of carboxylic acid groups (broad SMARTS) is 1. The molecule has 0 spiro atoms. The molecule has 0 atom stereocenters. The molecule has 248 valence electrons. The smallest absolute Gasteiger partial charge is 0.417 e. The maximum absolute atomic E-state index is 15.2. The van der Waals surface area contributed by atoms with Crippen LogP contribution in [0.1, 0.15) is 38.7 Å². The van der Waals surface area contributed by atoms with Gasteiger partial charge in [-0.05, 0) is 57.2 Å². The van der Waals surface area contributed by atoms with Crippen molar-refractivity contribution in [1.82, 2.24) is 19.5 Å². The number of aromatic nitrogens is 4. The Labute approximate surface area is 283 Å². The van der Waals surface area contributed by atoms with E-state index in [2.05, 4.69) is 15.0 Å². The molecule has 4 heterocycles. The van der Waals surface area contributed by atoms with Crippen molar-refractivity contribution >= 4 is 50.0 Å². The van der Waals surface area contributed by atoms with Crippen molar-refractivity contribution in [2.75, 3.05) is 6.61 Å². The van der Waals surface area contributed by atoms with Crippen LogP contribution < -0.4 is 10.3 Å². The number of halogens is 5. The molecule has 0 radical (unpaired) electrons. The van der Waals surface area contributed by atoms with E-state index in [0.29, 0.717) is 43.9 Å². The minimum absolute atomic E-state index is 0.0529. The molecule has 0 bridgehead atoms. The lowest BCUT2D eigenvalue weighted by molar-refractivity contribution is -0.137. The maximum atomic E-state index is 15.2. The number of carbonyl (C=O) groups is 1. The van der Waals surface area contributed by atoms with Crippen LogP contribution in [0.25, 0.3) is 43.4 Å².